The van der Waals surface area contributed by atoms with Crippen molar-refractivity contribution in [2.45, 2.75) is 33.2 Å². The number of rotatable bonds is 3. The molecule has 0 saturated carbocycles. The van der Waals surface area contributed by atoms with Crippen molar-refractivity contribution in [2.75, 3.05) is 26.2 Å². The average molecular weight is 194 g/mol. The Morgan fingerprint density at radius 3 is 2.86 bits per heavy atom. The van der Waals surface area contributed by atoms with Crippen LogP contribution >= 0.6 is 0 Å². The summed E-state index contributed by atoms with van der Waals surface area (Å²) in [4.78, 5) is 2.52. The van der Waals surface area contributed by atoms with Crippen LogP contribution in [0.15, 0.2) is 0 Å². The van der Waals surface area contributed by atoms with E-state index in [2.05, 4.69) is 35.9 Å². The summed E-state index contributed by atoms with van der Waals surface area (Å²) in [5.74, 6) is 6.74. The van der Waals surface area contributed by atoms with Crippen molar-refractivity contribution in [3.05, 3.63) is 0 Å². The van der Waals surface area contributed by atoms with Gasteiger partial charge in [-0.3, -0.25) is 0 Å². The summed E-state index contributed by atoms with van der Waals surface area (Å²) in [6.45, 7) is 11.0. The predicted molar refractivity (Wildman–Crippen MR) is 61.1 cm³/mol. The van der Waals surface area contributed by atoms with Crippen molar-refractivity contribution in [2.24, 2.45) is 5.92 Å². The van der Waals surface area contributed by atoms with E-state index < -0.39 is 0 Å². The van der Waals surface area contributed by atoms with E-state index >= 15 is 0 Å². The summed E-state index contributed by atoms with van der Waals surface area (Å²) in [5, 5.41) is 3.52. The molecule has 0 radical (unpaired) electrons. The fourth-order valence-corrected chi connectivity index (χ4v) is 2.09. The van der Waals surface area contributed by atoms with Gasteiger partial charge in [-0.2, -0.15) is 0 Å². The predicted octanol–water partition coefficient (Wildman–Crippen LogP) is 1.33. The lowest BCUT2D eigenvalue weighted by molar-refractivity contribution is 0.156. The SMILES string of the molecule is CC#CCNC1CCN(CC)CC1C. The Labute approximate surface area is 88.1 Å². The van der Waals surface area contributed by atoms with Crippen molar-refractivity contribution in [1.29, 1.82) is 0 Å². The van der Waals surface area contributed by atoms with Gasteiger partial charge in [-0.05, 0) is 32.4 Å². The van der Waals surface area contributed by atoms with Gasteiger partial charge in [0.15, 0.2) is 0 Å². The van der Waals surface area contributed by atoms with Crippen molar-refractivity contribution in [3.63, 3.8) is 0 Å². The molecule has 0 aliphatic carbocycles. The van der Waals surface area contributed by atoms with Gasteiger partial charge in [0.2, 0.25) is 0 Å². The van der Waals surface area contributed by atoms with Gasteiger partial charge in [0, 0.05) is 12.6 Å². The Kier molecular flexibility index (Phi) is 5.00. The number of piperidine rings is 1. The lowest BCUT2D eigenvalue weighted by Crippen LogP contribution is -2.48. The lowest BCUT2D eigenvalue weighted by Gasteiger charge is -2.36. The highest BCUT2D eigenvalue weighted by Crippen LogP contribution is 2.15. The molecule has 1 heterocycles. The van der Waals surface area contributed by atoms with Gasteiger partial charge in [0.1, 0.15) is 0 Å². The molecule has 0 amide bonds. The molecule has 0 bridgehead atoms. The molecule has 1 N–H and O–H groups in total. The Bertz CT molecular complexity index is 214. The molecule has 0 aromatic rings. The van der Waals surface area contributed by atoms with Crippen LogP contribution in [0.5, 0.6) is 0 Å². The maximum atomic E-state index is 3.52. The topological polar surface area (TPSA) is 15.3 Å². The Hall–Kier alpha value is -0.520. The highest BCUT2D eigenvalue weighted by atomic mass is 15.1. The first-order chi connectivity index (χ1) is 6.77. The van der Waals surface area contributed by atoms with Crippen LogP contribution in [-0.2, 0) is 0 Å². The van der Waals surface area contributed by atoms with E-state index in [0.29, 0.717) is 6.04 Å². The number of nitrogens with zero attached hydrogens (tertiary/aromatic N) is 1. The first kappa shape index (κ1) is 11.6. The third kappa shape index (κ3) is 3.32. The molecule has 1 fully saturated rings. The quantitative estimate of drug-likeness (QED) is 0.682. The van der Waals surface area contributed by atoms with Crippen LogP contribution in [0, 0.1) is 17.8 Å². The van der Waals surface area contributed by atoms with Crippen LogP contribution < -0.4 is 5.32 Å². The highest BCUT2D eigenvalue weighted by Gasteiger charge is 2.24. The number of hydrogen-bond donors (Lipinski definition) is 1. The van der Waals surface area contributed by atoms with E-state index in [1.54, 1.807) is 0 Å². The molecular weight excluding hydrogens is 172 g/mol. The van der Waals surface area contributed by atoms with Crippen LogP contribution in [0.4, 0.5) is 0 Å². The number of hydrogen-bond acceptors (Lipinski definition) is 2. The summed E-state index contributed by atoms with van der Waals surface area (Å²) in [5.41, 5.74) is 0. The molecule has 2 nitrogen and oxygen atoms in total. The van der Waals surface area contributed by atoms with Crippen molar-refractivity contribution in [1.82, 2.24) is 10.2 Å². The normalized spacial score (nSPS) is 28.2. The first-order valence-electron chi connectivity index (χ1n) is 5.63. The lowest BCUT2D eigenvalue weighted by atomic mass is 9.94. The zero-order valence-electron chi connectivity index (χ0n) is 9.64. The van der Waals surface area contributed by atoms with Gasteiger partial charge in [-0.1, -0.05) is 19.8 Å². The van der Waals surface area contributed by atoms with Crippen LogP contribution in [0.1, 0.15) is 27.2 Å². The van der Waals surface area contributed by atoms with Gasteiger partial charge in [0.05, 0.1) is 6.54 Å². The van der Waals surface area contributed by atoms with Gasteiger partial charge < -0.3 is 10.2 Å². The molecular formula is C12H22N2. The molecule has 0 spiro atoms. The number of nitrogens with one attached hydrogen (secondary N) is 1. The summed E-state index contributed by atoms with van der Waals surface area (Å²) in [6, 6.07) is 0.665. The van der Waals surface area contributed by atoms with E-state index in [1.807, 2.05) is 6.92 Å². The van der Waals surface area contributed by atoms with E-state index in [1.165, 1.54) is 26.1 Å². The molecule has 0 aromatic carbocycles. The molecule has 1 saturated heterocycles. The minimum Gasteiger partial charge on any atom is -0.303 e. The summed E-state index contributed by atoms with van der Waals surface area (Å²) >= 11 is 0. The molecule has 1 aliphatic heterocycles. The maximum Gasteiger partial charge on any atom is 0.0578 e. The van der Waals surface area contributed by atoms with E-state index in [4.69, 9.17) is 0 Å². The van der Waals surface area contributed by atoms with E-state index in [0.717, 1.165) is 12.5 Å². The van der Waals surface area contributed by atoms with Crippen LogP contribution in [0.25, 0.3) is 0 Å². The van der Waals surface area contributed by atoms with E-state index in [9.17, 15) is 0 Å². The Balaban J connectivity index is 2.29. The van der Waals surface area contributed by atoms with Crippen molar-refractivity contribution < 1.29 is 0 Å². The zero-order valence-corrected chi connectivity index (χ0v) is 9.64. The van der Waals surface area contributed by atoms with Crippen molar-refractivity contribution >= 4 is 0 Å². The maximum absolute atomic E-state index is 3.52. The first-order valence-corrected chi connectivity index (χ1v) is 5.63. The van der Waals surface area contributed by atoms with Gasteiger partial charge in [-0.25, -0.2) is 0 Å². The molecule has 2 unspecified atom stereocenters. The zero-order chi connectivity index (χ0) is 10.4. The average Bonchev–Trinajstić information content (AvgIpc) is 2.20. The largest absolute Gasteiger partial charge is 0.303 e. The summed E-state index contributed by atoms with van der Waals surface area (Å²) in [6.07, 6.45) is 1.26. The molecule has 14 heavy (non-hydrogen) atoms. The Morgan fingerprint density at radius 2 is 2.29 bits per heavy atom. The summed E-state index contributed by atoms with van der Waals surface area (Å²) in [7, 11) is 0. The highest BCUT2D eigenvalue weighted by molar-refractivity contribution is 4.98. The molecule has 2 heteroatoms. The van der Waals surface area contributed by atoms with Crippen molar-refractivity contribution in [3.8, 4) is 11.8 Å². The molecule has 80 valence electrons. The molecule has 1 aliphatic rings. The smallest absolute Gasteiger partial charge is 0.0578 e. The second kappa shape index (κ2) is 6.06. The summed E-state index contributed by atoms with van der Waals surface area (Å²) < 4.78 is 0. The molecule has 2 atom stereocenters. The molecule has 0 aromatic heterocycles. The van der Waals surface area contributed by atoms with Gasteiger partial charge >= 0.3 is 0 Å². The van der Waals surface area contributed by atoms with Gasteiger partial charge in [0.25, 0.3) is 0 Å². The van der Waals surface area contributed by atoms with Crippen LogP contribution in [0.2, 0.25) is 0 Å². The third-order valence-electron chi connectivity index (χ3n) is 3.07. The standard InChI is InChI=1S/C12H22N2/c1-4-6-8-13-12-7-9-14(5-2)10-11(12)3/h11-13H,5,7-10H2,1-3H3. The monoisotopic (exact) mass is 194 g/mol. The second-order valence-corrected chi connectivity index (χ2v) is 4.07. The third-order valence-corrected chi connectivity index (χ3v) is 3.07. The fourth-order valence-electron chi connectivity index (χ4n) is 2.09. The fraction of sp³-hybridized carbons (Fsp3) is 0.833. The second-order valence-electron chi connectivity index (χ2n) is 4.07. The van der Waals surface area contributed by atoms with E-state index in [-0.39, 0.29) is 0 Å². The Morgan fingerprint density at radius 1 is 1.50 bits per heavy atom. The van der Waals surface area contributed by atoms with Crippen LogP contribution in [-0.4, -0.2) is 37.1 Å². The molecule has 1 rings (SSSR count). The minimum absolute atomic E-state index is 0.665. The number of likely N-dealkylation sites (tertiary alicyclic amines) is 1. The van der Waals surface area contributed by atoms with Crippen LogP contribution in [0.3, 0.4) is 0 Å². The minimum atomic E-state index is 0.665. The van der Waals surface area contributed by atoms with Gasteiger partial charge in [-0.15, -0.1) is 5.92 Å².